The fourth-order valence-electron chi connectivity index (χ4n) is 1.43. The minimum atomic E-state index is -1.72. The van der Waals surface area contributed by atoms with E-state index in [9.17, 15) is 5.11 Å². The molecule has 0 aliphatic rings. The Kier molecular flexibility index (Phi) is 5.94. The van der Waals surface area contributed by atoms with Gasteiger partial charge in [-0.05, 0) is 30.5 Å². The van der Waals surface area contributed by atoms with Crippen molar-refractivity contribution in [2.24, 2.45) is 5.92 Å². The van der Waals surface area contributed by atoms with Crippen LogP contribution in [0.1, 0.15) is 34.1 Å². The van der Waals surface area contributed by atoms with Gasteiger partial charge in [0.25, 0.3) is 0 Å². The van der Waals surface area contributed by atoms with Gasteiger partial charge in [-0.15, -0.1) is 6.58 Å². The molecule has 0 aromatic heterocycles. The van der Waals surface area contributed by atoms with E-state index in [0.29, 0.717) is 18.9 Å². The average Bonchev–Trinajstić information content (AvgIpc) is 2.16. The van der Waals surface area contributed by atoms with Crippen LogP contribution in [0.15, 0.2) is 12.7 Å². The molecule has 0 aliphatic heterocycles. The van der Waals surface area contributed by atoms with Crippen molar-refractivity contribution in [3.8, 4) is 0 Å². The summed E-state index contributed by atoms with van der Waals surface area (Å²) in [7, 11) is -1.72. The Morgan fingerprint density at radius 2 is 1.88 bits per heavy atom. The van der Waals surface area contributed by atoms with Crippen molar-refractivity contribution in [1.29, 1.82) is 0 Å². The van der Waals surface area contributed by atoms with Crippen molar-refractivity contribution in [2.45, 2.75) is 58.4 Å². The van der Waals surface area contributed by atoms with Gasteiger partial charge in [0.05, 0.1) is 6.10 Å². The lowest BCUT2D eigenvalue weighted by molar-refractivity contribution is 0.169. The van der Waals surface area contributed by atoms with E-state index in [1.807, 2.05) is 0 Å². The number of aliphatic hydroxyl groups excluding tert-OH is 1. The van der Waals surface area contributed by atoms with E-state index in [0.717, 1.165) is 0 Å². The van der Waals surface area contributed by atoms with Crippen LogP contribution in [0.5, 0.6) is 0 Å². The summed E-state index contributed by atoms with van der Waals surface area (Å²) in [6, 6.07) is 0. The molecule has 1 atom stereocenters. The van der Waals surface area contributed by atoms with Crippen LogP contribution in [0.4, 0.5) is 0 Å². The maximum absolute atomic E-state index is 9.38. The molecule has 0 saturated heterocycles. The highest BCUT2D eigenvalue weighted by atomic mass is 28.4. The Bertz CT molecular complexity index is 222. The molecule has 0 aliphatic carbocycles. The molecule has 0 fully saturated rings. The molecule has 0 aromatic carbocycles. The first kappa shape index (κ1) is 15.9. The summed E-state index contributed by atoms with van der Waals surface area (Å²) in [6.07, 6.45) is 1.77. The maximum atomic E-state index is 9.38. The standard InChI is InChI=1S/C13H28O2Si/c1-8-12(14)9-10-15-16(6,7)13(4,5)11(2)3/h8,11-12,14H,1,9-10H2,2-7H3. The number of rotatable bonds is 7. The highest BCUT2D eigenvalue weighted by molar-refractivity contribution is 6.74. The van der Waals surface area contributed by atoms with Gasteiger partial charge in [0.2, 0.25) is 0 Å². The summed E-state index contributed by atoms with van der Waals surface area (Å²) in [5, 5.41) is 9.63. The zero-order valence-electron chi connectivity index (χ0n) is 11.7. The molecule has 0 bridgehead atoms. The molecule has 2 nitrogen and oxygen atoms in total. The van der Waals surface area contributed by atoms with Crippen LogP contribution in [0.3, 0.4) is 0 Å². The van der Waals surface area contributed by atoms with Crippen molar-refractivity contribution in [3.63, 3.8) is 0 Å². The molecular weight excluding hydrogens is 216 g/mol. The Labute approximate surface area is 102 Å². The van der Waals surface area contributed by atoms with Gasteiger partial charge in [-0.3, -0.25) is 0 Å². The lowest BCUT2D eigenvalue weighted by Crippen LogP contribution is -2.45. The molecule has 1 unspecified atom stereocenters. The Morgan fingerprint density at radius 3 is 2.25 bits per heavy atom. The van der Waals surface area contributed by atoms with Crippen LogP contribution in [-0.2, 0) is 4.43 Å². The molecule has 0 amide bonds. The molecule has 3 heteroatoms. The third-order valence-corrected chi connectivity index (χ3v) is 8.75. The predicted molar refractivity (Wildman–Crippen MR) is 73.1 cm³/mol. The predicted octanol–water partition coefficient (Wildman–Crippen LogP) is 3.58. The van der Waals surface area contributed by atoms with E-state index >= 15 is 0 Å². The van der Waals surface area contributed by atoms with Gasteiger partial charge < -0.3 is 9.53 Å². The second-order valence-electron chi connectivity index (χ2n) is 5.83. The van der Waals surface area contributed by atoms with Crippen molar-refractivity contribution in [1.82, 2.24) is 0 Å². The monoisotopic (exact) mass is 244 g/mol. The molecule has 0 spiro atoms. The van der Waals surface area contributed by atoms with Gasteiger partial charge in [-0.1, -0.05) is 33.8 Å². The zero-order valence-corrected chi connectivity index (χ0v) is 12.7. The van der Waals surface area contributed by atoms with E-state index in [2.05, 4.69) is 47.4 Å². The van der Waals surface area contributed by atoms with E-state index < -0.39 is 14.4 Å². The van der Waals surface area contributed by atoms with Gasteiger partial charge in [-0.25, -0.2) is 0 Å². The van der Waals surface area contributed by atoms with E-state index in [-0.39, 0.29) is 5.04 Å². The SMILES string of the molecule is C=CC(O)CCO[Si](C)(C)C(C)(C)C(C)C. The summed E-state index contributed by atoms with van der Waals surface area (Å²) in [6.45, 7) is 17.8. The third kappa shape index (κ3) is 4.04. The van der Waals surface area contributed by atoms with Crippen molar-refractivity contribution >= 4 is 8.32 Å². The lowest BCUT2D eigenvalue weighted by Gasteiger charge is -2.42. The van der Waals surface area contributed by atoms with Gasteiger partial charge in [0.15, 0.2) is 8.32 Å². The van der Waals surface area contributed by atoms with Crippen LogP contribution in [0.2, 0.25) is 18.1 Å². The quantitative estimate of drug-likeness (QED) is 0.548. The molecule has 0 radical (unpaired) electrons. The topological polar surface area (TPSA) is 29.5 Å². The lowest BCUT2D eigenvalue weighted by atomic mass is 9.99. The average molecular weight is 244 g/mol. The van der Waals surface area contributed by atoms with Gasteiger partial charge in [0.1, 0.15) is 0 Å². The smallest absolute Gasteiger partial charge is 0.192 e. The molecular formula is C13H28O2Si. The fraction of sp³-hybridized carbons (Fsp3) is 0.846. The first-order valence-electron chi connectivity index (χ1n) is 6.09. The normalized spacial score (nSPS) is 15.2. The maximum Gasteiger partial charge on any atom is 0.192 e. The minimum absolute atomic E-state index is 0.242. The number of hydrogen-bond acceptors (Lipinski definition) is 2. The minimum Gasteiger partial charge on any atom is -0.417 e. The number of hydrogen-bond donors (Lipinski definition) is 1. The van der Waals surface area contributed by atoms with E-state index in [1.54, 1.807) is 6.08 Å². The van der Waals surface area contributed by atoms with Crippen LogP contribution in [0.25, 0.3) is 0 Å². The largest absolute Gasteiger partial charge is 0.417 e. The Hall–Kier alpha value is -0.123. The second kappa shape index (κ2) is 5.99. The molecule has 96 valence electrons. The van der Waals surface area contributed by atoms with E-state index in [4.69, 9.17) is 4.43 Å². The first-order chi connectivity index (χ1) is 7.15. The summed E-state index contributed by atoms with van der Waals surface area (Å²) < 4.78 is 6.06. The highest BCUT2D eigenvalue weighted by Crippen LogP contribution is 2.44. The van der Waals surface area contributed by atoms with Gasteiger partial charge in [0, 0.05) is 6.61 Å². The fourth-order valence-corrected chi connectivity index (χ4v) is 3.82. The zero-order chi connectivity index (χ0) is 13.0. The molecule has 0 heterocycles. The van der Waals surface area contributed by atoms with Crippen molar-refractivity contribution in [3.05, 3.63) is 12.7 Å². The van der Waals surface area contributed by atoms with Crippen LogP contribution in [-0.4, -0.2) is 26.1 Å². The molecule has 0 saturated carbocycles. The summed E-state index contributed by atoms with van der Waals surface area (Å²) in [4.78, 5) is 0. The van der Waals surface area contributed by atoms with Gasteiger partial charge >= 0.3 is 0 Å². The van der Waals surface area contributed by atoms with Crippen LogP contribution < -0.4 is 0 Å². The Balaban J connectivity index is 4.29. The first-order valence-corrected chi connectivity index (χ1v) is 9.00. The third-order valence-electron chi connectivity index (χ3n) is 4.14. The molecule has 16 heavy (non-hydrogen) atoms. The van der Waals surface area contributed by atoms with Crippen molar-refractivity contribution in [2.75, 3.05) is 6.61 Å². The summed E-state index contributed by atoms with van der Waals surface area (Å²) in [5.74, 6) is 0.610. The summed E-state index contributed by atoms with van der Waals surface area (Å²) >= 11 is 0. The Morgan fingerprint density at radius 1 is 1.38 bits per heavy atom. The number of aliphatic hydroxyl groups is 1. The summed E-state index contributed by atoms with van der Waals surface area (Å²) in [5.41, 5.74) is 0. The molecule has 0 aromatic rings. The van der Waals surface area contributed by atoms with Crippen LogP contribution >= 0.6 is 0 Å². The second-order valence-corrected chi connectivity index (χ2v) is 10.4. The van der Waals surface area contributed by atoms with Crippen molar-refractivity contribution < 1.29 is 9.53 Å². The van der Waals surface area contributed by atoms with E-state index in [1.165, 1.54) is 0 Å². The molecule has 1 N–H and O–H groups in total. The highest BCUT2D eigenvalue weighted by Gasteiger charge is 2.43. The van der Waals surface area contributed by atoms with Gasteiger partial charge in [-0.2, -0.15) is 0 Å². The molecule has 0 rings (SSSR count). The van der Waals surface area contributed by atoms with Crippen LogP contribution in [0, 0.1) is 5.92 Å².